The van der Waals surface area contributed by atoms with E-state index in [4.69, 9.17) is 14.2 Å². The van der Waals surface area contributed by atoms with Crippen LogP contribution in [0.1, 0.15) is 6.92 Å². The van der Waals surface area contributed by atoms with Gasteiger partial charge in [0.15, 0.2) is 6.10 Å². The lowest BCUT2D eigenvalue weighted by Crippen LogP contribution is -2.35. The van der Waals surface area contributed by atoms with Crippen molar-refractivity contribution in [1.82, 2.24) is 4.72 Å². The van der Waals surface area contributed by atoms with E-state index in [1.807, 2.05) is 4.72 Å². The molecule has 1 atom stereocenters. The topological polar surface area (TPSA) is 175 Å². The molecular formula is C20H24N4O9S. The zero-order valence-corrected chi connectivity index (χ0v) is 19.6. The molecule has 34 heavy (non-hydrogen) atoms. The first-order valence-electron chi connectivity index (χ1n) is 9.70. The third-order valence-corrected chi connectivity index (χ3v) is 5.89. The number of hydrogen-bond acceptors (Lipinski definition) is 10. The van der Waals surface area contributed by atoms with Crippen molar-refractivity contribution < 1.29 is 37.1 Å². The highest BCUT2D eigenvalue weighted by atomic mass is 32.2. The van der Waals surface area contributed by atoms with Crippen LogP contribution in [0.15, 0.2) is 41.3 Å². The summed E-state index contributed by atoms with van der Waals surface area (Å²) in [6.07, 6.45) is -1.27. The minimum atomic E-state index is -4.27. The number of amides is 1. The van der Waals surface area contributed by atoms with E-state index in [9.17, 15) is 28.1 Å². The van der Waals surface area contributed by atoms with Gasteiger partial charge in [-0.25, -0.2) is 8.42 Å². The molecule has 2 aromatic carbocycles. The van der Waals surface area contributed by atoms with Crippen molar-refractivity contribution in [3.8, 4) is 11.5 Å². The number of hydrogen-bond donors (Lipinski definition) is 3. The monoisotopic (exact) mass is 496 g/mol. The highest BCUT2D eigenvalue weighted by Crippen LogP contribution is 2.29. The molecule has 0 aliphatic heterocycles. The van der Waals surface area contributed by atoms with Crippen molar-refractivity contribution in [3.05, 3.63) is 46.5 Å². The summed E-state index contributed by atoms with van der Waals surface area (Å²) in [5.41, 5.74) is -0.0517. The largest absolute Gasteiger partial charge is 0.497 e. The number of nitrogens with one attached hydrogen (secondary N) is 3. The van der Waals surface area contributed by atoms with Crippen LogP contribution in [0.2, 0.25) is 0 Å². The van der Waals surface area contributed by atoms with Crippen molar-refractivity contribution in [2.24, 2.45) is 0 Å². The molecule has 184 valence electrons. The van der Waals surface area contributed by atoms with E-state index in [0.717, 1.165) is 12.1 Å². The van der Waals surface area contributed by atoms with Crippen molar-refractivity contribution in [2.45, 2.75) is 17.9 Å². The molecule has 1 amide bonds. The van der Waals surface area contributed by atoms with Crippen LogP contribution in [-0.2, 0) is 24.3 Å². The van der Waals surface area contributed by atoms with Gasteiger partial charge in [0.1, 0.15) is 23.7 Å². The molecule has 0 saturated heterocycles. The van der Waals surface area contributed by atoms with Gasteiger partial charge in [-0.2, -0.15) is 4.72 Å². The van der Waals surface area contributed by atoms with Gasteiger partial charge in [-0.3, -0.25) is 19.7 Å². The Morgan fingerprint density at radius 3 is 2.38 bits per heavy atom. The Labute approximate surface area is 195 Å². The highest BCUT2D eigenvalue weighted by molar-refractivity contribution is 7.89. The average molecular weight is 496 g/mol. The molecule has 0 heterocycles. The number of ether oxygens (including phenoxy) is 3. The van der Waals surface area contributed by atoms with Gasteiger partial charge in [0, 0.05) is 19.2 Å². The molecule has 2 aromatic rings. The highest BCUT2D eigenvalue weighted by Gasteiger charge is 2.24. The van der Waals surface area contributed by atoms with Crippen molar-refractivity contribution in [3.63, 3.8) is 0 Å². The van der Waals surface area contributed by atoms with Crippen molar-refractivity contribution in [1.29, 1.82) is 0 Å². The quantitative estimate of drug-likeness (QED) is 0.235. The number of sulfonamides is 1. The molecule has 13 nitrogen and oxygen atoms in total. The zero-order chi connectivity index (χ0) is 25.5. The van der Waals surface area contributed by atoms with Crippen LogP contribution in [0.5, 0.6) is 11.5 Å². The molecule has 0 radical (unpaired) electrons. The number of carbonyl (C=O) groups is 2. The minimum absolute atomic E-state index is 0.121. The van der Waals surface area contributed by atoms with Gasteiger partial charge in [-0.1, -0.05) is 0 Å². The fraction of sp³-hybridized carbons (Fsp3) is 0.300. The van der Waals surface area contributed by atoms with Crippen molar-refractivity contribution in [2.75, 3.05) is 38.4 Å². The van der Waals surface area contributed by atoms with Crippen LogP contribution in [0.3, 0.4) is 0 Å². The lowest BCUT2D eigenvalue weighted by Gasteiger charge is -2.16. The lowest BCUT2D eigenvalue weighted by molar-refractivity contribution is -0.384. The fourth-order valence-electron chi connectivity index (χ4n) is 2.72. The van der Waals surface area contributed by atoms with E-state index < -0.39 is 50.1 Å². The van der Waals surface area contributed by atoms with Gasteiger partial charge in [0.25, 0.3) is 11.6 Å². The predicted molar refractivity (Wildman–Crippen MR) is 122 cm³/mol. The molecule has 1 unspecified atom stereocenters. The molecule has 0 bridgehead atoms. The van der Waals surface area contributed by atoms with Gasteiger partial charge in [-0.05, 0) is 31.2 Å². The molecule has 0 aromatic heterocycles. The number of carbonyl (C=O) groups excluding carboxylic acids is 2. The number of methoxy groups -OCH3 is 2. The number of rotatable bonds is 11. The van der Waals surface area contributed by atoms with Gasteiger partial charge in [0.2, 0.25) is 10.0 Å². The third kappa shape index (κ3) is 6.55. The summed E-state index contributed by atoms with van der Waals surface area (Å²) < 4.78 is 42.1. The van der Waals surface area contributed by atoms with Crippen LogP contribution in [0.25, 0.3) is 0 Å². The van der Waals surface area contributed by atoms with Crippen LogP contribution in [0, 0.1) is 10.1 Å². The van der Waals surface area contributed by atoms with Gasteiger partial charge < -0.3 is 24.8 Å². The Morgan fingerprint density at radius 1 is 1.09 bits per heavy atom. The van der Waals surface area contributed by atoms with E-state index >= 15 is 0 Å². The SMILES string of the molecule is CNc1ccc(S(=O)(=O)NCC(=O)OC(C)C(=O)Nc2cc(OC)ccc2OC)cc1[N+](=O)[O-]. The molecule has 2 rings (SSSR count). The Bertz CT molecular complexity index is 1180. The molecule has 0 aliphatic rings. The van der Waals surface area contributed by atoms with Gasteiger partial charge in [0.05, 0.1) is 29.7 Å². The van der Waals surface area contributed by atoms with Gasteiger partial charge >= 0.3 is 5.97 Å². The van der Waals surface area contributed by atoms with E-state index in [2.05, 4.69) is 10.6 Å². The van der Waals surface area contributed by atoms with E-state index in [1.165, 1.54) is 40.3 Å². The summed E-state index contributed by atoms with van der Waals surface area (Å²) in [7, 11) is 0.0403. The Hall–Kier alpha value is -3.91. The van der Waals surface area contributed by atoms with Crippen LogP contribution in [-0.4, -0.2) is 59.1 Å². The summed E-state index contributed by atoms with van der Waals surface area (Å²) in [6.45, 7) is 0.498. The summed E-state index contributed by atoms with van der Waals surface area (Å²) >= 11 is 0. The first kappa shape index (κ1) is 26.3. The van der Waals surface area contributed by atoms with Crippen LogP contribution in [0.4, 0.5) is 17.1 Å². The zero-order valence-electron chi connectivity index (χ0n) is 18.8. The number of nitrogens with zero attached hydrogens (tertiary/aromatic N) is 1. The Balaban J connectivity index is 2.01. The molecular weight excluding hydrogens is 472 g/mol. The Kier molecular flexibility index (Phi) is 8.75. The Morgan fingerprint density at radius 2 is 1.79 bits per heavy atom. The molecule has 0 aliphatic carbocycles. The molecule has 0 fully saturated rings. The maximum atomic E-state index is 12.4. The van der Waals surface area contributed by atoms with E-state index in [0.29, 0.717) is 11.5 Å². The first-order chi connectivity index (χ1) is 16.0. The standard InChI is InChI=1S/C20H24N4O9S/c1-12(20(26)23-16-9-13(31-3)5-8-18(16)32-4)33-19(25)11-22-34(29,30)14-6-7-15(21-2)17(10-14)24(27)28/h5-10,12,21-22H,11H2,1-4H3,(H,23,26). The van der Waals surface area contributed by atoms with Gasteiger partial charge in [-0.15, -0.1) is 0 Å². The smallest absolute Gasteiger partial charge is 0.321 e. The average Bonchev–Trinajstić information content (AvgIpc) is 2.82. The number of nitro benzene ring substituents is 1. The van der Waals surface area contributed by atoms with E-state index in [-0.39, 0.29) is 11.4 Å². The maximum Gasteiger partial charge on any atom is 0.321 e. The number of esters is 1. The van der Waals surface area contributed by atoms with Crippen LogP contribution >= 0.6 is 0 Å². The van der Waals surface area contributed by atoms with Crippen molar-refractivity contribution >= 4 is 39.0 Å². The molecule has 14 heteroatoms. The number of anilines is 2. The fourth-order valence-corrected chi connectivity index (χ4v) is 3.71. The maximum absolute atomic E-state index is 12.4. The second-order valence-corrected chi connectivity index (χ2v) is 8.47. The number of benzene rings is 2. The summed E-state index contributed by atoms with van der Waals surface area (Å²) in [6, 6.07) is 7.95. The molecule has 0 spiro atoms. The first-order valence-corrected chi connectivity index (χ1v) is 11.2. The summed E-state index contributed by atoms with van der Waals surface area (Å²) in [5, 5.41) is 16.3. The summed E-state index contributed by atoms with van der Waals surface area (Å²) in [5.74, 6) is -0.928. The summed E-state index contributed by atoms with van der Waals surface area (Å²) in [4.78, 5) is 34.5. The second kappa shape index (κ2) is 11.3. The van der Waals surface area contributed by atoms with E-state index in [1.54, 1.807) is 12.1 Å². The lowest BCUT2D eigenvalue weighted by atomic mass is 10.2. The molecule has 3 N–H and O–H groups in total. The van der Waals surface area contributed by atoms with Crippen LogP contribution < -0.4 is 24.8 Å². The minimum Gasteiger partial charge on any atom is -0.497 e. The predicted octanol–water partition coefficient (Wildman–Crippen LogP) is 1.50. The number of nitro groups is 1. The third-order valence-electron chi connectivity index (χ3n) is 4.49. The molecule has 0 saturated carbocycles. The normalized spacial score (nSPS) is 11.8. The second-order valence-electron chi connectivity index (χ2n) is 6.70.